The standard InChI is InChI=1S/C8H13NO3/c1-3-5(2)7-8(11)12-4-6(10)9-7/h5,7H,3-4H2,1-2H3,(H,9,10). The van der Waals surface area contributed by atoms with Gasteiger partial charge in [-0.25, -0.2) is 4.79 Å². The predicted octanol–water partition coefficient (Wildman–Crippen LogP) is 0.0741. The Bertz CT molecular complexity index is 202. The van der Waals surface area contributed by atoms with Crippen LogP contribution in [0.4, 0.5) is 0 Å². The van der Waals surface area contributed by atoms with E-state index in [2.05, 4.69) is 10.1 Å². The maximum Gasteiger partial charge on any atom is 0.329 e. The molecule has 1 rings (SSSR count). The van der Waals surface area contributed by atoms with Crippen molar-refractivity contribution in [3.05, 3.63) is 0 Å². The van der Waals surface area contributed by atoms with E-state index >= 15 is 0 Å². The van der Waals surface area contributed by atoms with Gasteiger partial charge in [0.05, 0.1) is 0 Å². The van der Waals surface area contributed by atoms with Crippen molar-refractivity contribution < 1.29 is 14.3 Å². The van der Waals surface area contributed by atoms with Gasteiger partial charge in [0, 0.05) is 0 Å². The van der Waals surface area contributed by atoms with Crippen LogP contribution in [-0.4, -0.2) is 24.5 Å². The van der Waals surface area contributed by atoms with Gasteiger partial charge in [-0.15, -0.1) is 0 Å². The molecular formula is C8H13NO3. The van der Waals surface area contributed by atoms with Gasteiger partial charge >= 0.3 is 5.97 Å². The molecule has 4 heteroatoms. The minimum atomic E-state index is -0.448. The molecule has 0 aromatic rings. The zero-order chi connectivity index (χ0) is 9.14. The van der Waals surface area contributed by atoms with Crippen molar-refractivity contribution in [3.63, 3.8) is 0 Å². The Morgan fingerprint density at radius 1 is 1.67 bits per heavy atom. The number of carbonyl (C=O) groups excluding carboxylic acids is 2. The minimum absolute atomic E-state index is 0.133. The molecule has 1 amide bonds. The summed E-state index contributed by atoms with van der Waals surface area (Å²) in [7, 11) is 0. The number of esters is 1. The second kappa shape index (κ2) is 3.56. The van der Waals surface area contributed by atoms with Crippen molar-refractivity contribution in [2.24, 2.45) is 5.92 Å². The van der Waals surface area contributed by atoms with Crippen LogP contribution < -0.4 is 5.32 Å². The maximum atomic E-state index is 11.1. The Balaban J connectivity index is 2.60. The number of nitrogens with one attached hydrogen (secondary N) is 1. The molecule has 0 spiro atoms. The van der Waals surface area contributed by atoms with Gasteiger partial charge in [0.15, 0.2) is 6.61 Å². The Morgan fingerprint density at radius 3 is 2.92 bits per heavy atom. The molecule has 1 aliphatic heterocycles. The fraction of sp³-hybridized carbons (Fsp3) is 0.750. The quantitative estimate of drug-likeness (QED) is 0.598. The van der Waals surface area contributed by atoms with Crippen LogP contribution in [0.1, 0.15) is 20.3 Å². The zero-order valence-corrected chi connectivity index (χ0v) is 7.29. The van der Waals surface area contributed by atoms with E-state index in [4.69, 9.17) is 0 Å². The van der Waals surface area contributed by atoms with E-state index in [0.717, 1.165) is 6.42 Å². The number of hydrogen-bond acceptors (Lipinski definition) is 3. The van der Waals surface area contributed by atoms with Crippen LogP contribution in [0.5, 0.6) is 0 Å². The summed E-state index contributed by atoms with van der Waals surface area (Å²) in [5.74, 6) is -0.384. The lowest BCUT2D eigenvalue weighted by molar-refractivity contribution is -0.158. The summed E-state index contributed by atoms with van der Waals surface area (Å²) in [6, 6.07) is -0.448. The molecule has 0 bridgehead atoms. The summed E-state index contributed by atoms with van der Waals surface area (Å²) >= 11 is 0. The molecule has 0 aliphatic carbocycles. The molecule has 2 unspecified atom stereocenters. The van der Waals surface area contributed by atoms with Gasteiger partial charge in [-0.1, -0.05) is 20.3 Å². The third-order valence-electron chi connectivity index (χ3n) is 2.13. The number of amides is 1. The van der Waals surface area contributed by atoms with E-state index in [0.29, 0.717) is 0 Å². The summed E-state index contributed by atoms with van der Waals surface area (Å²) in [4.78, 5) is 22.0. The van der Waals surface area contributed by atoms with Crippen LogP contribution >= 0.6 is 0 Å². The van der Waals surface area contributed by atoms with Gasteiger partial charge in [-0.2, -0.15) is 0 Å². The zero-order valence-electron chi connectivity index (χ0n) is 7.29. The lowest BCUT2D eigenvalue weighted by Crippen LogP contribution is -2.52. The highest BCUT2D eigenvalue weighted by Gasteiger charge is 2.31. The van der Waals surface area contributed by atoms with E-state index in [1.807, 2.05) is 13.8 Å². The van der Waals surface area contributed by atoms with Gasteiger partial charge in [0.25, 0.3) is 5.91 Å². The van der Waals surface area contributed by atoms with Crippen molar-refractivity contribution in [1.82, 2.24) is 5.32 Å². The number of rotatable bonds is 2. The van der Waals surface area contributed by atoms with Gasteiger partial charge in [0.2, 0.25) is 0 Å². The van der Waals surface area contributed by atoms with Gasteiger partial charge in [-0.3, -0.25) is 4.79 Å². The maximum absolute atomic E-state index is 11.1. The van der Waals surface area contributed by atoms with Crippen molar-refractivity contribution in [3.8, 4) is 0 Å². The van der Waals surface area contributed by atoms with Gasteiger partial charge in [-0.05, 0) is 5.92 Å². The van der Waals surface area contributed by atoms with Crippen molar-refractivity contribution in [2.45, 2.75) is 26.3 Å². The second-order valence-electron chi connectivity index (χ2n) is 3.04. The van der Waals surface area contributed by atoms with Crippen LogP contribution in [0.25, 0.3) is 0 Å². The normalized spacial score (nSPS) is 26.0. The molecule has 4 nitrogen and oxygen atoms in total. The average molecular weight is 171 g/mol. The smallest absolute Gasteiger partial charge is 0.329 e. The molecule has 1 fully saturated rings. The first-order valence-corrected chi connectivity index (χ1v) is 4.11. The van der Waals surface area contributed by atoms with E-state index in [-0.39, 0.29) is 24.4 Å². The van der Waals surface area contributed by atoms with E-state index in [1.54, 1.807) is 0 Å². The van der Waals surface area contributed by atoms with Crippen molar-refractivity contribution in [1.29, 1.82) is 0 Å². The van der Waals surface area contributed by atoms with Crippen molar-refractivity contribution >= 4 is 11.9 Å². The highest BCUT2D eigenvalue weighted by Crippen LogP contribution is 2.11. The predicted molar refractivity (Wildman–Crippen MR) is 42.3 cm³/mol. The first-order chi connectivity index (χ1) is 5.65. The molecule has 0 aromatic heterocycles. The summed E-state index contributed by atoms with van der Waals surface area (Å²) in [6.45, 7) is 3.75. The van der Waals surface area contributed by atoms with Gasteiger partial charge in [0.1, 0.15) is 6.04 Å². The molecule has 2 atom stereocenters. The third-order valence-corrected chi connectivity index (χ3v) is 2.13. The summed E-state index contributed by atoms with van der Waals surface area (Å²) in [5.41, 5.74) is 0. The van der Waals surface area contributed by atoms with Crippen LogP contribution in [0.15, 0.2) is 0 Å². The Kier molecular flexibility index (Phi) is 2.68. The largest absolute Gasteiger partial charge is 0.454 e. The lowest BCUT2D eigenvalue weighted by Gasteiger charge is -2.26. The molecule has 12 heavy (non-hydrogen) atoms. The van der Waals surface area contributed by atoms with E-state index < -0.39 is 6.04 Å². The Labute approximate surface area is 71.3 Å². The van der Waals surface area contributed by atoms with E-state index in [1.165, 1.54) is 0 Å². The molecule has 1 heterocycles. The van der Waals surface area contributed by atoms with Crippen LogP contribution in [-0.2, 0) is 14.3 Å². The molecule has 0 radical (unpaired) electrons. The molecule has 1 saturated heterocycles. The van der Waals surface area contributed by atoms with Crippen molar-refractivity contribution in [2.75, 3.05) is 6.61 Å². The molecule has 0 saturated carbocycles. The molecule has 1 aliphatic rings. The number of cyclic esters (lactones) is 1. The summed E-state index contributed by atoms with van der Waals surface area (Å²) < 4.78 is 4.67. The highest BCUT2D eigenvalue weighted by atomic mass is 16.5. The number of ether oxygens (including phenoxy) is 1. The van der Waals surface area contributed by atoms with Crippen LogP contribution in [0, 0.1) is 5.92 Å². The second-order valence-corrected chi connectivity index (χ2v) is 3.04. The van der Waals surface area contributed by atoms with Crippen LogP contribution in [0.3, 0.4) is 0 Å². The fourth-order valence-electron chi connectivity index (χ4n) is 1.11. The third kappa shape index (κ3) is 1.75. The number of hydrogen-bond donors (Lipinski definition) is 1. The fourth-order valence-corrected chi connectivity index (χ4v) is 1.11. The lowest BCUT2D eigenvalue weighted by atomic mass is 9.98. The number of carbonyl (C=O) groups is 2. The monoisotopic (exact) mass is 171 g/mol. The van der Waals surface area contributed by atoms with Crippen LogP contribution in [0.2, 0.25) is 0 Å². The molecular weight excluding hydrogens is 158 g/mol. The molecule has 1 N–H and O–H groups in total. The summed E-state index contributed by atoms with van der Waals surface area (Å²) in [6.07, 6.45) is 0.847. The molecule has 68 valence electrons. The Hall–Kier alpha value is -1.06. The number of morpholine rings is 1. The Morgan fingerprint density at radius 2 is 2.33 bits per heavy atom. The highest BCUT2D eigenvalue weighted by molar-refractivity contribution is 5.90. The topological polar surface area (TPSA) is 55.4 Å². The molecule has 0 aromatic carbocycles. The first kappa shape index (κ1) is 9.03. The average Bonchev–Trinajstić information content (AvgIpc) is 2.08. The minimum Gasteiger partial charge on any atom is -0.454 e. The SMILES string of the molecule is CCC(C)C1NC(=O)COC1=O. The van der Waals surface area contributed by atoms with Gasteiger partial charge < -0.3 is 10.1 Å². The first-order valence-electron chi connectivity index (χ1n) is 4.11. The summed E-state index contributed by atoms with van der Waals surface area (Å²) in [5, 5.41) is 2.60. The van der Waals surface area contributed by atoms with E-state index in [9.17, 15) is 9.59 Å².